The Hall–Kier alpha value is -3.37. The molecule has 2 amide bonds. The minimum absolute atomic E-state index is 0.0824. The highest BCUT2D eigenvalue weighted by atomic mass is 79.9. The summed E-state index contributed by atoms with van der Waals surface area (Å²) in [5.74, 6) is 0.306. The summed E-state index contributed by atoms with van der Waals surface area (Å²) in [6, 6.07) is 23.8. The second kappa shape index (κ2) is 16.8. The van der Waals surface area contributed by atoms with E-state index in [2.05, 4.69) is 21.2 Å². The maximum absolute atomic E-state index is 14.1. The summed E-state index contributed by atoms with van der Waals surface area (Å²) in [6.45, 7) is 2.78. The van der Waals surface area contributed by atoms with Gasteiger partial charge in [0, 0.05) is 36.4 Å². The van der Waals surface area contributed by atoms with Gasteiger partial charge in [-0.05, 0) is 73.7 Å². The minimum Gasteiger partial charge on any atom is -0.494 e. The summed E-state index contributed by atoms with van der Waals surface area (Å²) in [6.07, 6.45) is 7.13. The summed E-state index contributed by atoms with van der Waals surface area (Å²) >= 11 is 3.53. The fourth-order valence-corrected chi connectivity index (χ4v) is 7.22. The highest BCUT2D eigenvalue weighted by molar-refractivity contribution is 9.10. The van der Waals surface area contributed by atoms with Crippen LogP contribution in [0.2, 0.25) is 0 Å². The van der Waals surface area contributed by atoms with Gasteiger partial charge in [0.25, 0.3) is 0 Å². The molecule has 1 aliphatic carbocycles. The second-order valence-electron chi connectivity index (χ2n) is 11.6. The number of nitrogens with zero attached hydrogens (tertiary/aromatic N) is 2. The number of hydrogen-bond donors (Lipinski definition) is 1. The molecule has 1 aliphatic rings. The first-order valence-electron chi connectivity index (χ1n) is 15.7. The van der Waals surface area contributed by atoms with Crippen molar-refractivity contribution in [3.63, 3.8) is 0 Å². The number of hydrogen-bond acceptors (Lipinski definition) is 5. The van der Waals surface area contributed by atoms with E-state index < -0.39 is 16.1 Å². The molecule has 1 fully saturated rings. The van der Waals surface area contributed by atoms with E-state index in [1.165, 1.54) is 10.7 Å². The van der Waals surface area contributed by atoms with E-state index in [-0.39, 0.29) is 43.8 Å². The Morgan fingerprint density at radius 3 is 2.29 bits per heavy atom. The first kappa shape index (κ1) is 34.5. The average molecular weight is 699 g/mol. The molecular formula is C35H44BrN3O5S. The average Bonchev–Trinajstić information content (AvgIpc) is 3.02. The molecule has 1 atom stereocenters. The zero-order chi connectivity index (χ0) is 32.2. The lowest BCUT2D eigenvalue weighted by Gasteiger charge is -2.34. The van der Waals surface area contributed by atoms with Crippen molar-refractivity contribution in [3.8, 4) is 5.75 Å². The van der Waals surface area contributed by atoms with E-state index in [1.807, 2.05) is 61.5 Å². The Bertz CT molecular complexity index is 1500. The molecule has 242 valence electrons. The Balaban J connectivity index is 1.57. The van der Waals surface area contributed by atoms with Crippen molar-refractivity contribution in [2.45, 2.75) is 76.9 Å². The topological polar surface area (TPSA) is 96.0 Å². The molecular weight excluding hydrogens is 654 g/mol. The number of ether oxygens (including phenoxy) is 1. The lowest BCUT2D eigenvalue weighted by molar-refractivity contribution is -0.141. The molecule has 3 aromatic carbocycles. The SMILES string of the molecule is CCOc1ccc(N(CCCC(=O)N(Cc2cccc(Br)c2)C(Cc2ccccc2)C(=O)NC2CCCCC2)S(C)(=O)=O)cc1. The van der Waals surface area contributed by atoms with Crippen molar-refractivity contribution in [2.24, 2.45) is 0 Å². The molecule has 45 heavy (non-hydrogen) atoms. The predicted molar refractivity (Wildman–Crippen MR) is 183 cm³/mol. The molecule has 10 heteroatoms. The van der Waals surface area contributed by atoms with Crippen LogP contribution < -0.4 is 14.4 Å². The van der Waals surface area contributed by atoms with Crippen LogP contribution in [0.15, 0.2) is 83.3 Å². The van der Waals surface area contributed by atoms with Gasteiger partial charge in [0.15, 0.2) is 0 Å². The van der Waals surface area contributed by atoms with E-state index in [4.69, 9.17) is 4.74 Å². The van der Waals surface area contributed by atoms with E-state index in [0.717, 1.165) is 47.5 Å². The number of amides is 2. The third-order valence-corrected chi connectivity index (χ3v) is 9.74. The number of nitrogens with one attached hydrogen (secondary N) is 1. The van der Waals surface area contributed by atoms with Gasteiger partial charge in [-0.25, -0.2) is 8.42 Å². The number of carbonyl (C=O) groups is 2. The molecule has 1 saturated carbocycles. The number of anilines is 1. The molecule has 8 nitrogen and oxygen atoms in total. The Kier molecular flexibility index (Phi) is 12.9. The van der Waals surface area contributed by atoms with Crippen LogP contribution in [0, 0.1) is 0 Å². The van der Waals surface area contributed by atoms with E-state index in [9.17, 15) is 18.0 Å². The third-order valence-electron chi connectivity index (χ3n) is 8.05. The van der Waals surface area contributed by atoms with Gasteiger partial charge in [0.1, 0.15) is 11.8 Å². The van der Waals surface area contributed by atoms with Crippen LogP contribution >= 0.6 is 15.9 Å². The molecule has 1 unspecified atom stereocenters. The van der Waals surface area contributed by atoms with Crippen molar-refractivity contribution in [2.75, 3.05) is 23.7 Å². The molecule has 0 radical (unpaired) electrons. The van der Waals surface area contributed by atoms with Gasteiger partial charge in [-0.3, -0.25) is 13.9 Å². The smallest absolute Gasteiger partial charge is 0.243 e. The molecule has 0 saturated heterocycles. The molecule has 1 N–H and O–H groups in total. The van der Waals surface area contributed by atoms with Crippen LogP contribution in [-0.2, 0) is 32.6 Å². The Labute approximate surface area is 276 Å². The van der Waals surface area contributed by atoms with Crippen molar-refractivity contribution < 1.29 is 22.7 Å². The van der Waals surface area contributed by atoms with Crippen LogP contribution in [0.25, 0.3) is 0 Å². The Morgan fingerprint density at radius 1 is 0.956 bits per heavy atom. The standard InChI is InChI=1S/C35H44BrN3O5S/c1-3-44-32-21-19-31(20-22-32)39(45(2,42)43)23-11-18-34(40)38(26-28-14-10-15-29(36)24-28)33(25-27-12-6-4-7-13-27)35(41)37-30-16-8-5-9-17-30/h4,6-7,10,12-15,19-22,24,30,33H,3,5,8-9,11,16-18,23,25-26H2,1-2H3,(H,37,41). The molecule has 0 aromatic heterocycles. The van der Waals surface area contributed by atoms with Gasteiger partial charge in [0.05, 0.1) is 18.6 Å². The van der Waals surface area contributed by atoms with Gasteiger partial charge >= 0.3 is 0 Å². The lowest BCUT2D eigenvalue weighted by atomic mass is 9.94. The maximum Gasteiger partial charge on any atom is 0.243 e. The number of sulfonamides is 1. The number of benzene rings is 3. The van der Waals surface area contributed by atoms with Crippen molar-refractivity contribution in [1.29, 1.82) is 0 Å². The minimum atomic E-state index is -3.60. The van der Waals surface area contributed by atoms with Gasteiger partial charge < -0.3 is 15.0 Å². The summed E-state index contributed by atoms with van der Waals surface area (Å²) in [5, 5.41) is 3.26. The van der Waals surface area contributed by atoms with E-state index in [0.29, 0.717) is 24.5 Å². The molecule has 0 spiro atoms. The highest BCUT2D eigenvalue weighted by Crippen LogP contribution is 2.24. The fraction of sp³-hybridized carbons (Fsp3) is 0.429. The van der Waals surface area contributed by atoms with Crippen molar-refractivity contribution in [1.82, 2.24) is 10.2 Å². The van der Waals surface area contributed by atoms with Crippen LogP contribution in [0.4, 0.5) is 5.69 Å². The van der Waals surface area contributed by atoms with Crippen LogP contribution in [0.5, 0.6) is 5.75 Å². The van der Waals surface area contributed by atoms with Crippen LogP contribution in [-0.4, -0.2) is 56.6 Å². The first-order valence-corrected chi connectivity index (χ1v) is 18.4. The summed E-state index contributed by atoms with van der Waals surface area (Å²) < 4.78 is 33.2. The summed E-state index contributed by atoms with van der Waals surface area (Å²) in [4.78, 5) is 29.7. The summed E-state index contributed by atoms with van der Waals surface area (Å²) in [5.41, 5.74) is 2.37. The fourth-order valence-electron chi connectivity index (χ4n) is 5.81. The number of rotatable bonds is 15. The molecule has 0 heterocycles. The highest BCUT2D eigenvalue weighted by Gasteiger charge is 2.32. The monoisotopic (exact) mass is 697 g/mol. The molecule has 0 aliphatic heterocycles. The molecule has 4 rings (SSSR count). The van der Waals surface area contributed by atoms with Crippen LogP contribution in [0.1, 0.15) is 63.0 Å². The maximum atomic E-state index is 14.1. The largest absolute Gasteiger partial charge is 0.494 e. The first-order chi connectivity index (χ1) is 21.6. The quantitative estimate of drug-likeness (QED) is 0.196. The van der Waals surface area contributed by atoms with Gasteiger partial charge in [-0.1, -0.05) is 77.7 Å². The van der Waals surface area contributed by atoms with E-state index >= 15 is 0 Å². The van der Waals surface area contributed by atoms with Crippen LogP contribution in [0.3, 0.4) is 0 Å². The molecule has 3 aromatic rings. The normalized spacial score (nSPS) is 14.4. The van der Waals surface area contributed by atoms with Gasteiger partial charge in [0.2, 0.25) is 21.8 Å². The van der Waals surface area contributed by atoms with Gasteiger partial charge in [-0.15, -0.1) is 0 Å². The number of carbonyl (C=O) groups excluding carboxylic acids is 2. The van der Waals surface area contributed by atoms with E-state index in [1.54, 1.807) is 29.2 Å². The predicted octanol–water partition coefficient (Wildman–Crippen LogP) is 6.48. The third kappa shape index (κ3) is 10.6. The van der Waals surface area contributed by atoms with Crippen molar-refractivity contribution in [3.05, 3.63) is 94.5 Å². The van der Waals surface area contributed by atoms with Crippen molar-refractivity contribution >= 4 is 43.5 Å². The Morgan fingerprint density at radius 2 is 1.64 bits per heavy atom. The zero-order valence-electron chi connectivity index (χ0n) is 26.2. The lowest BCUT2D eigenvalue weighted by Crippen LogP contribution is -2.52. The van der Waals surface area contributed by atoms with Gasteiger partial charge in [-0.2, -0.15) is 0 Å². The summed E-state index contributed by atoms with van der Waals surface area (Å²) in [7, 11) is -3.60. The molecule has 0 bridgehead atoms. The number of halogens is 1. The zero-order valence-corrected chi connectivity index (χ0v) is 28.6. The second-order valence-corrected chi connectivity index (χ2v) is 14.4.